The molecule has 1 fully saturated rings. The summed E-state index contributed by atoms with van der Waals surface area (Å²) in [5, 5.41) is 25.5. The molecule has 1 aromatic rings. The van der Waals surface area contributed by atoms with Gasteiger partial charge in [-0.3, -0.25) is 9.59 Å². The maximum Gasteiger partial charge on any atom is 0.328 e. The minimum absolute atomic E-state index is 0.0881. The van der Waals surface area contributed by atoms with E-state index in [1.54, 1.807) is 5.38 Å². The maximum atomic E-state index is 12.1. The molecule has 30 heavy (non-hydrogen) atoms. The molecule has 9 nitrogen and oxygen atoms in total. The molecule has 1 aliphatic rings. The number of aliphatic hydroxyl groups is 1. The van der Waals surface area contributed by atoms with Crippen LogP contribution in [0.4, 0.5) is 5.13 Å². The molecule has 1 saturated heterocycles. The molecule has 0 saturated carbocycles. The van der Waals surface area contributed by atoms with Crippen molar-refractivity contribution in [3.05, 3.63) is 11.1 Å². The second kappa shape index (κ2) is 12.7. The number of nitrogens with zero attached hydrogens (tertiary/aromatic N) is 2. The summed E-state index contributed by atoms with van der Waals surface area (Å²) in [4.78, 5) is 41.3. The fourth-order valence-corrected chi connectivity index (χ4v) is 4.21. The van der Waals surface area contributed by atoms with Crippen LogP contribution in [-0.2, 0) is 9.59 Å². The van der Waals surface area contributed by atoms with Crippen LogP contribution in [0.1, 0.15) is 49.0 Å². The monoisotopic (exact) mass is 460 g/mol. The van der Waals surface area contributed by atoms with Gasteiger partial charge in [0.1, 0.15) is 5.69 Å². The van der Waals surface area contributed by atoms with Crippen LogP contribution >= 0.6 is 22.9 Å². The summed E-state index contributed by atoms with van der Waals surface area (Å²) in [5.41, 5.74) is 0.137. The number of aliphatic hydroxyl groups excluding tert-OH is 1. The molecule has 2 amide bonds. The molecule has 0 aromatic carbocycles. The smallest absolute Gasteiger partial charge is 0.328 e. The summed E-state index contributed by atoms with van der Waals surface area (Å²) < 4.78 is 0. The lowest BCUT2D eigenvalue weighted by Gasteiger charge is -2.31. The van der Waals surface area contributed by atoms with Crippen LogP contribution in [0, 0.1) is 5.92 Å². The van der Waals surface area contributed by atoms with E-state index in [1.165, 1.54) is 11.3 Å². The van der Waals surface area contributed by atoms with Gasteiger partial charge in [-0.1, -0.05) is 6.42 Å². The van der Waals surface area contributed by atoms with Gasteiger partial charge < -0.3 is 25.7 Å². The van der Waals surface area contributed by atoms with E-state index in [0.29, 0.717) is 29.9 Å². The number of aliphatic carboxylic acids is 1. The van der Waals surface area contributed by atoms with Gasteiger partial charge in [-0.05, 0) is 31.6 Å². The Hall–Kier alpha value is -1.91. The number of hydrogen-bond acceptors (Lipinski definition) is 7. The Labute approximate surface area is 184 Å². The second-order valence-corrected chi connectivity index (χ2v) is 8.51. The number of alkyl halides is 1. The zero-order chi connectivity index (χ0) is 21.9. The van der Waals surface area contributed by atoms with Crippen molar-refractivity contribution in [2.75, 3.05) is 37.0 Å². The van der Waals surface area contributed by atoms with E-state index < -0.39 is 24.5 Å². The molecule has 0 bridgehead atoms. The highest BCUT2D eigenvalue weighted by atomic mass is 35.5. The van der Waals surface area contributed by atoms with Crippen molar-refractivity contribution in [3.8, 4) is 0 Å². The van der Waals surface area contributed by atoms with Gasteiger partial charge in [-0.2, -0.15) is 0 Å². The molecule has 0 spiro atoms. The normalized spacial score (nSPS) is 15.6. The summed E-state index contributed by atoms with van der Waals surface area (Å²) in [5.74, 6) is -0.785. The molecular formula is C19H29ClN4O5S. The first-order valence-electron chi connectivity index (χ1n) is 10.1. The molecule has 1 aliphatic heterocycles. The topological polar surface area (TPSA) is 132 Å². The standard InChI is InChI=1S/C19H29ClN4O5S/c20-7-3-1-2-4-16(26)21-10-13-5-8-24(9-6-13)19-23-15(12-30-19)17(27)22-14(11-25)18(28)29/h12-14,25H,1-11H2,(H,21,26)(H,22,27)(H,28,29)/t14-/m0/s1. The minimum atomic E-state index is -1.35. The van der Waals surface area contributed by atoms with Gasteiger partial charge in [0.25, 0.3) is 5.91 Å². The van der Waals surface area contributed by atoms with Crippen LogP contribution in [0.3, 0.4) is 0 Å². The van der Waals surface area contributed by atoms with Gasteiger partial charge in [0.15, 0.2) is 11.2 Å². The number of hydrogen-bond donors (Lipinski definition) is 4. The van der Waals surface area contributed by atoms with Gasteiger partial charge in [0.05, 0.1) is 6.61 Å². The van der Waals surface area contributed by atoms with E-state index in [0.717, 1.165) is 45.2 Å². The van der Waals surface area contributed by atoms with E-state index in [1.807, 2.05) is 0 Å². The first-order chi connectivity index (χ1) is 14.4. The van der Waals surface area contributed by atoms with Crippen molar-refractivity contribution in [3.63, 3.8) is 0 Å². The van der Waals surface area contributed by atoms with Crippen molar-refractivity contribution >= 4 is 45.9 Å². The van der Waals surface area contributed by atoms with Gasteiger partial charge in [0.2, 0.25) is 5.91 Å². The number of amides is 2. The number of piperidine rings is 1. The average Bonchev–Trinajstić information content (AvgIpc) is 3.24. The first-order valence-corrected chi connectivity index (χ1v) is 11.5. The molecule has 4 N–H and O–H groups in total. The summed E-state index contributed by atoms with van der Waals surface area (Å²) in [6.45, 7) is 1.54. The Balaban J connectivity index is 1.73. The lowest BCUT2D eigenvalue weighted by atomic mass is 9.97. The molecule has 2 rings (SSSR count). The maximum absolute atomic E-state index is 12.1. The van der Waals surface area contributed by atoms with E-state index in [9.17, 15) is 14.4 Å². The number of anilines is 1. The fraction of sp³-hybridized carbons (Fsp3) is 0.684. The summed E-state index contributed by atoms with van der Waals surface area (Å²) in [6.07, 6.45) is 5.15. The zero-order valence-corrected chi connectivity index (χ0v) is 18.4. The minimum Gasteiger partial charge on any atom is -0.480 e. The molecular weight excluding hydrogens is 432 g/mol. The third kappa shape index (κ3) is 7.73. The number of carbonyl (C=O) groups is 3. The molecule has 0 unspecified atom stereocenters. The Morgan fingerprint density at radius 2 is 2.00 bits per heavy atom. The molecule has 0 radical (unpaired) electrons. The molecule has 11 heteroatoms. The SMILES string of the molecule is O=C(CCCCCCl)NCC1CCN(c2nc(C(=O)N[C@@H](CO)C(=O)O)cs2)CC1. The number of carboxylic acids is 1. The molecule has 1 atom stereocenters. The highest BCUT2D eigenvalue weighted by molar-refractivity contribution is 7.13. The third-order valence-electron chi connectivity index (χ3n) is 5.02. The summed E-state index contributed by atoms with van der Waals surface area (Å²) in [6, 6.07) is -1.35. The third-order valence-corrected chi connectivity index (χ3v) is 6.19. The number of rotatable bonds is 12. The molecule has 0 aliphatic carbocycles. The van der Waals surface area contributed by atoms with Crippen LogP contribution < -0.4 is 15.5 Å². The lowest BCUT2D eigenvalue weighted by molar-refractivity contribution is -0.140. The molecule has 2 heterocycles. The number of carboxylic acid groups (broad SMARTS) is 1. The van der Waals surface area contributed by atoms with Crippen LogP contribution in [0.2, 0.25) is 0 Å². The summed E-state index contributed by atoms with van der Waals surface area (Å²) >= 11 is 6.96. The van der Waals surface area contributed by atoms with Crippen molar-refractivity contribution in [1.82, 2.24) is 15.6 Å². The average molecular weight is 461 g/mol. The van der Waals surface area contributed by atoms with E-state index in [2.05, 4.69) is 20.5 Å². The highest BCUT2D eigenvalue weighted by Crippen LogP contribution is 2.26. The lowest BCUT2D eigenvalue weighted by Crippen LogP contribution is -2.43. The number of halogens is 1. The zero-order valence-electron chi connectivity index (χ0n) is 16.8. The van der Waals surface area contributed by atoms with E-state index in [4.69, 9.17) is 21.8 Å². The largest absolute Gasteiger partial charge is 0.480 e. The van der Waals surface area contributed by atoms with Gasteiger partial charge in [-0.25, -0.2) is 9.78 Å². The van der Waals surface area contributed by atoms with Gasteiger partial charge >= 0.3 is 5.97 Å². The Bertz CT molecular complexity index is 709. The Morgan fingerprint density at radius 1 is 1.27 bits per heavy atom. The Kier molecular flexibility index (Phi) is 10.3. The predicted octanol–water partition coefficient (Wildman–Crippen LogP) is 1.45. The molecule has 168 valence electrons. The van der Waals surface area contributed by atoms with E-state index in [-0.39, 0.29) is 11.6 Å². The summed E-state index contributed by atoms with van der Waals surface area (Å²) in [7, 11) is 0. The number of unbranched alkanes of at least 4 members (excludes halogenated alkanes) is 2. The van der Waals surface area contributed by atoms with Crippen molar-refractivity contribution in [2.24, 2.45) is 5.92 Å². The quantitative estimate of drug-likeness (QED) is 0.274. The number of thiazole rings is 1. The number of carbonyl (C=O) groups excluding carboxylic acids is 2. The first kappa shape index (κ1) is 24.4. The van der Waals surface area contributed by atoms with Crippen LogP contribution in [0.25, 0.3) is 0 Å². The van der Waals surface area contributed by atoms with Gasteiger partial charge in [0, 0.05) is 37.3 Å². The highest BCUT2D eigenvalue weighted by Gasteiger charge is 2.24. The van der Waals surface area contributed by atoms with Crippen LogP contribution in [-0.4, -0.2) is 71.1 Å². The van der Waals surface area contributed by atoms with Crippen molar-refractivity contribution in [1.29, 1.82) is 0 Å². The molecule has 1 aromatic heterocycles. The number of nitrogens with one attached hydrogen (secondary N) is 2. The van der Waals surface area contributed by atoms with E-state index >= 15 is 0 Å². The van der Waals surface area contributed by atoms with Gasteiger partial charge in [-0.15, -0.1) is 22.9 Å². The fourth-order valence-electron chi connectivity index (χ4n) is 3.16. The predicted molar refractivity (Wildman–Crippen MR) is 115 cm³/mol. The van der Waals surface area contributed by atoms with Crippen molar-refractivity contribution < 1.29 is 24.6 Å². The van der Waals surface area contributed by atoms with Crippen molar-refractivity contribution in [2.45, 2.75) is 44.6 Å². The number of aromatic nitrogens is 1. The van der Waals surface area contributed by atoms with Crippen LogP contribution in [0.5, 0.6) is 0 Å². The Morgan fingerprint density at radius 3 is 2.63 bits per heavy atom. The van der Waals surface area contributed by atoms with Crippen LogP contribution in [0.15, 0.2) is 5.38 Å². The second-order valence-electron chi connectivity index (χ2n) is 7.30.